The number of hydrogen-bond donors (Lipinski definition) is 2. The molecule has 0 unspecified atom stereocenters. The Morgan fingerprint density at radius 2 is 1.19 bits per heavy atom. The summed E-state index contributed by atoms with van der Waals surface area (Å²) in [6, 6.07) is 16.7. The summed E-state index contributed by atoms with van der Waals surface area (Å²) in [4.78, 5) is 11.4. The van der Waals surface area contributed by atoms with Gasteiger partial charge in [0.05, 0.1) is 5.41 Å². The Labute approximate surface area is 168 Å². The Kier molecular flexibility index (Phi) is 6.72. The van der Waals surface area contributed by atoms with Gasteiger partial charge in [0.25, 0.3) is 0 Å². The fourth-order valence-corrected chi connectivity index (χ4v) is 3.81. The third-order valence-corrected chi connectivity index (χ3v) is 6.16. The number of nitrogens with two attached hydrogens (primary N) is 2. The van der Waals surface area contributed by atoms with Gasteiger partial charge in [0.2, 0.25) is 5.91 Å². The molecule has 0 atom stereocenters. The Balaban J connectivity index is 0.000000189. The van der Waals surface area contributed by atoms with E-state index in [0.29, 0.717) is 0 Å². The van der Waals surface area contributed by atoms with Gasteiger partial charge in [0, 0.05) is 5.54 Å². The van der Waals surface area contributed by atoms with Crippen LogP contribution in [0.15, 0.2) is 48.5 Å². The summed E-state index contributed by atoms with van der Waals surface area (Å²) >= 11 is 0. The van der Waals surface area contributed by atoms with E-state index in [1.54, 1.807) is 0 Å². The molecular weight excluding hydrogens is 356 g/mol. The van der Waals surface area contributed by atoms with Gasteiger partial charge in [-0.25, -0.2) is 0 Å². The van der Waals surface area contributed by atoms with E-state index in [2.05, 4.69) is 31.2 Å². The SMILES string of the molecule is Cc1ccc(C2(C(N)=O)CCC2)cc1.Cc1ccc(C2(N)CCC2)cc1.Cl. The lowest BCUT2D eigenvalue weighted by Gasteiger charge is -2.39. The molecule has 2 aromatic carbocycles. The normalized spacial score (nSPS) is 18.6. The summed E-state index contributed by atoms with van der Waals surface area (Å²) in [6.07, 6.45) is 6.50. The van der Waals surface area contributed by atoms with Gasteiger partial charge >= 0.3 is 0 Å². The minimum atomic E-state index is -0.353. The van der Waals surface area contributed by atoms with Gasteiger partial charge in [-0.3, -0.25) is 4.79 Å². The van der Waals surface area contributed by atoms with Crippen molar-refractivity contribution in [3.63, 3.8) is 0 Å². The van der Waals surface area contributed by atoms with E-state index in [1.165, 1.54) is 23.1 Å². The van der Waals surface area contributed by atoms with Crippen molar-refractivity contribution in [1.29, 1.82) is 0 Å². The highest BCUT2D eigenvalue weighted by Gasteiger charge is 2.43. The summed E-state index contributed by atoms with van der Waals surface area (Å²) in [6.45, 7) is 4.15. The van der Waals surface area contributed by atoms with Crippen molar-refractivity contribution in [3.8, 4) is 0 Å². The predicted molar refractivity (Wildman–Crippen MR) is 114 cm³/mol. The third kappa shape index (κ3) is 4.36. The number of carbonyl (C=O) groups is 1. The third-order valence-electron chi connectivity index (χ3n) is 6.16. The molecule has 2 aliphatic carbocycles. The van der Waals surface area contributed by atoms with Crippen LogP contribution in [-0.4, -0.2) is 5.91 Å². The quantitative estimate of drug-likeness (QED) is 0.805. The number of aryl methyl sites for hydroxylation is 2. The molecule has 0 heterocycles. The van der Waals surface area contributed by atoms with Gasteiger partial charge in [-0.1, -0.05) is 66.1 Å². The fourth-order valence-electron chi connectivity index (χ4n) is 3.81. The second kappa shape index (κ2) is 8.45. The largest absolute Gasteiger partial charge is 0.369 e. The topological polar surface area (TPSA) is 69.1 Å². The minimum Gasteiger partial charge on any atom is -0.369 e. The van der Waals surface area contributed by atoms with E-state index < -0.39 is 0 Å². The second-order valence-electron chi connectivity index (χ2n) is 8.04. The van der Waals surface area contributed by atoms with E-state index >= 15 is 0 Å². The average molecular weight is 387 g/mol. The summed E-state index contributed by atoms with van der Waals surface area (Å²) in [5.74, 6) is -0.174. The van der Waals surface area contributed by atoms with Gasteiger partial charge in [0.1, 0.15) is 0 Å². The first-order valence-electron chi connectivity index (χ1n) is 9.59. The number of hydrogen-bond acceptors (Lipinski definition) is 2. The van der Waals surface area contributed by atoms with Crippen molar-refractivity contribution >= 4 is 18.3 Å². The summed E-state index contributed by atoms with van der Waals surface area (Å²) < 4.78 is 0. The van der Waals surface area contributed by atoms with Crippen molar-refractivity contribution in [1.82, 2.24) is 0 Å². The highest BCUT2D eigenvalue weighted by Crippen LogP contribution is 2.43. The van der Waals surface area contributed by atoms with Crippen molar-refractivity contribution < 1.29 is 4.79 Å². The van der Waals surface area contributed by atoms with E-state index in [9.17, 15) is 4.79 Å². The molecule has 0 spiro atoms. The monoisotopic (exact) mass is 386 g/mol. The Bertz CT molecular complexity index is 760. The first kappa shape index (κ1) is 21.5. The molecule has 4 N–H and O–H groups in total. The van der Waals surface area contributed by atoms with Crippen LogP contribution in [0.3, 0.4) is 0 Å². The lowest BCUT2D eigenvalue weighted by atomic mass is 9.64. The van der Waals surface area contributed by atoms with Gasteiger partial charge in [-0.05, 0) is 57.1 Å². The zero-order chi connectivity index (χ0) is 18.8. The lowest BCUT2D eigenvalue weighted by Crippen LogP contribution is -2.46. The maximum atomic E-state index is 11.4. The standard InChI is InChI=1S/C12H15NO.C11H15N.ClH/c1-9-3-5-10(6-4-9)12(11(13)14)7-2-8-12;1-9-3-5-10(6-4-9)11(12)7-2-8-11;/h3-6H,2,7-8H2,1H3,(H2,13,14);3-6H,2,7-8,12H2,1H3;1H. The fraction of sp³-hybridized carbons (Fsp3) is 0.435. The Morgan fingerprint density at radius 1 is 0.778 bits per heavy atom. The Hall–Kier alpha value is -1.84. The van der Waals surface area contributed by atoms with Gasteiger partial charge in [0.15, 0.2) is 0 Å². The maximum Gasteiger partial charge on any atom is 0.228 e. The Morgan fingerprint density at radius 3 is 1.48 bits per heavy atom. The number of carbonyl (C=O) groups excluding carboxylic acids is 1. The molecular formula is C23H31ClN2O. The molecule has 2 saturated carbocycles. The number of rotatable bonds is 3. The van der Waals surface area contributed by atoms with Crippen LogP contribution in [0.2, 0.25) is 0 Å². The first-order valence-corrected chi connectivity index (χ1v) is 9.59. The maximum absolute atomic E-state index is 11.4. The van der Waals surface area contributed by atoms with Gasteiger partial charge in [-0.2, -0.15) is 0 Å². The second-order valence-corrected chi connectivity index (χ2v) is 8.04. The van der Waals surface area contributed by atoms with Crippen LogP contribution in [0.4, 0.5) is 0 Å². The van der Waals surface area contributed by atoms with Crippen molar-refractivity contribution in [2.24, 2.45) is 11.5 Å². The molecule has 146 valence electrons. The predicted octanol–water partition coefficient (Wildman–Crippen LogP) is 4.66. The van der Waals surface area contributed by atoms with Crippen LogP contribution < -0.4 is 11.5 Å². The number of amides is 1. The van der Waals surface area contributed by atoms with Crippen LogP contribution in [-0.2, 0) is 15.7 Å². The molecule has 0 bridgehead atoms. The average Bonchev–Trinajstić information content (AvgIpc) is 2.54. The molecule has 4 heteroatoms. The minimum absolute atomic E-state index is 0. The van der Waals surface area contributed by atoms with E-state index in [0.717, 1.165) is 37.7 Å². The lowest BCUT2D eigenvalue weighted by molar-refractivity contribution is -0.126. The molecule has 2 fully saturated rings. The number of primary amides is 1. The van der Waals surface area contributed by atoms with Crippen LogP contribution in [0.25, 0.3) is 0 Å². The van der Waals surface area contributed by atoms with Crippen LogP contribution in [0.5, 0.6) is 0 Å². The zero-order valence-corrected chi connectivity index (χ0v) is 17.1. The number of halogens is 1. The van der Waals surface area contributed by atoms with E-state index in [-0.39, 0.29) is 29.3 Å². The molecule has 2 aliphatic rings. The van der Waals surface area contributed by atoms with Crippen LogP contribution in [0.1, 0.15) is 60.8 Å². The smallest absolute Gasteiger partial charge is 0.228 e. The number of benzene rings is 2. The van der Waals surface area contributed by atoms with E-state index in [4.69, 9.17) is 11.5 Å². The summed E-state index contributed by atoms with van der Waals surface area (Å²) in [7, 11) is 0. The molecule has 4 rings (SSSR count). The van der Waals surface area contributed by atoms with Gasteiger partial charge in [-0.15, -0.1) is 12.4 Å². The molecule has 2 aromatic rings. The van der Waals surface area contributed by atoms with Crippen LogP contribution in [0, 0.1) is 13.8 Å². The highest BCUT2D eigenvalue weighted by molar-refractivity contribution is 5.87. The highest BCUT2D eigenvalue weighted by atomic mass is 35.5. The zero-order valence-electron chi connectivity index (χ0n) is 16.3. The summed E-state index contributed by atoms with van der Waals surface area (Å²) in [5, 5.41) is 0. The molecule has 0 radical (unpaired) electrons. The van der Waals surface area contributed by atoms with Crippen molar-refractivity contribution in [2.75, 3.05) is 0 Å². The molecule has 0 aromatic heterocycles. The van der Waals surface area contributed by atoms with E-state index in [1.807, 2.05) is 31.2 Å². The molecule has 0 saturated heterocycles. The first-order chi connectivity index (χ1) is 12.4. The van der Waals surface area contributed by atoms with Gasteiger partial charge < -0.3 is 11.5 Å². The van der Waals surface area contributed by atoms with Crippen molar-refractivity contribution in [2.45, 2.75) is 63.3 Å². The molecule has 0 aliphatic heterocycles. The molecule has 1 amide bonds. The summed E-state index contributed by atoms with van der Waals surface area (Å²) in [5.41, 5.74) is 16.2. The molecule has 27 heavy (non-hydrogen) atoms. The van der Waals surface area contributed by atoms with Crippen molar-refractivity contribution in [3.05, 3.63) is 70.8 Å². The molecule has 3 nitrogen and oxygen atoms in total. The van der Waals surface area contributed by atoms with Crippen LogP contribution >= 0.6 is 12.4 Å².